The minimum atomic E-state index is -0.112. The molecule has 29 heavy (non-hydrogen) atoms. The van der Waals surface area contributed by atoms with E-state index in [1.54, 1.807) is 35.4 Å². The van der Waals surface area contributed by atoms with Crippen LogP contribution in [0.25, 0.3) is 5.69 Å². The van der Waals surface area contributed by atoms with Crippen LogP contribution in [-0.4, -0.2) is 56.7 Å². The third kappa shape index (κ3) is 5.10. The second-order valence-electron chi connectivity index (χ2n) is 6.53. The molecule has 2 aromatic heterocycles. The van der Waals surface area contributed by atoms with Gasteiger partial charge in [0.2, 0.25) is 5.91 Å². The van der Waals surface area contributed by atoms with Gasteiger partial charge in [0.15, 0.2) is 0 Å². The van der Waals surface area contributed by atoms with Crippen molar-refractivity contribution >= 4 is 35.6 Å². The van der Waals surface area contributed by atoms with Crippen molar-refractivity contribution in [3.8, 4) is 5.69 Å². The topological polar surface area (TPSA) is 88.0 Å². The van der Waals surface area contributed by atoms with Crippen LogP contribution in [0.4, 0.5) is 5.69 Å². The standard InChI is InChI=1S/C19H20ClN7O.ClH/c20-15-3-4-17(27-13-23-12-24-27)16(8-15)25-19(28)11-26-7-6-22-10-18(26)14-2-1-5-21-9-14;/h1-5,8-9,12-13,18,22H,6-7,10-11H2,(H,25,28);1H. The molecule has 10 heteroatoms. The zero-order chi connectivity index (χ0) is 19.3. The van der Waals surface area contributed by atoms with Crippen LogP contribution in [-0.2, 0) is 4.79 Å². The second kappa shape index (κ2) is 9.80. The molecule has 0 aliphatic carbocycles. The molecule has 1 aromatic carbocycles. The van der Waals surface area contributed by atoms with Crippen molar-refractivity contribution in [2.75, 3.05) is 31.5 Å². The van der Waals surface area contributed by atoms with E-state index in [2.05, 4.69) is 30.6 Å². The number of amides is 1. The van der Waals surface area contributed by atoms with Crippen LogP contribution in [0.3, 0.4) is 0 Å². The van der Waals surface area contributed by atoms with Crippen molar-refractivity contribution in [2.24, 2.45) is 0 Å². The minimum Gasteiger partial charge on any atom is -0.323 e. The Kier molecular flexibility index (Phi) is 7.16. The lowest BCUT2D eigenvalue weighted by molar-refractivity contribution is -0.118. The number of carbonyl (C=O) groups is 1. The van der Waals surface area contributed by atoms with Crippen molar-refractivity contribution in [1.82, 2.24) is 30.0 Å². The summed E-state index contributed by atoms with van der Waals surface area (Å²) in [6, 6.07) is 9.32. The molecule has 1 atom stereocenters. The van der Waals surface area contributed by atoms with E-state index in [4.69, 9.17) is 11.6 Å². The molecule has 1 saturated heterocycles. The zero-order valence-corrected chi connectivity index (χ0v) is 17.1. The van der Waals surface area contributed by atoms with E-state index in [1.807, 2.05) is 18.3 Å². The Balaban J connectivity index is 0.00000240. The van der Waals surface area contributed by atoms with E-state index in [0.717, 1.165) is 25.2 Å². The Labute approximate surface area is 179 Å². The van der Waals surface area contributed by atoms with Crippen LogP contribution >= 0.6 is 24.0 Å². The van der Waals surface area contributed by atoms with Gasteiger partial charge in [-0.1, -0.05) is 17.7 Å². The van der Waals surface area contributed by atoms with Crippen LogP contribution in [0, 0.1) is 0 Å². The fourth-order valence-corrected chi connectivity index (χ4v) is 3.52. The molecule has 4 rings (SSSR count). The smallest absolute Gasteiger partial charge is 0.238 e. The Bertz CT molecular complexity index is 937. The van der Waals surface area contributed by atoms with Gasteiger partial charge in [0.1, 0.15) is 12.7 Å². The summed E-state index contributed by atoms with van der Waals surface area (Å²) < 4.78 is 1.59. The van der Waals surface area contributed by atoms with Crippen molar-refractivity contribution < 1.29 is 4.79 Å². The van der Waals surface area contributed by atoms with Gasteiger partial charge in [-0.05, 0) is 29.8 Å². The number of piperazine rings is 1. The van der Waals surface area contributed by atoms with Crippen molar-refractivity contribution in [3.05, 3.63) is 66.0 Å². The fourth-order valence-electron chi connectivity index (χ4n) is 3.35. The van der Waals surface area contributed by atoms with Gasteiger partial charge in [-0.3, -0.25) is 14.7 Å². The maximum absolute atomic E-state index is 12.8. The quantitative estimate of drug-likeness (QED) is 0.641. The molecule has 0 spiro atoms. The van der Waals surface area contributed by atoms with Gasteiger partial charge >= 0.3 is 0 Å². The van der Waals surface area contributed by atoms with E-state index >= 15 is 0 Å². The molecule has 8 nitrogen and oxygen atoms in total. The maximum atomic E-state index is 12.8. The van der Waals surface area contributed by atoms with Gasteiger partial charge in [-0.15, -0.1) is 12.4 Å². The second-order valence-corrected chi connectivity index (χ2v) is 6.96. The SMILES string of the molecule is Cl.O=C(CN1CCNCC1c1cccnc1)Nc1cc(Cl)ccc1-n1cncn1. The highest BCUT2D eigenvalue weighted by atomic mass is 35.5. The predicted molar refractivity (Wildman–Crippen MR) is 114 cm³/mol. The summed E-state index contributed by atoms with van der Waals surface area (Å²) in [4.78, 5) is 23.1. The lowest BCUT2D eigenvalue weighted by Crippen LogP contribution is -2.48. The molecule has 1 aliphatic heterocycles. The first-order valence-electron chi connectivity index (χ1n) is 9.00. The van der Waals surface area contributed by atoms with Gasteiger partial charge < -0.3 is 10.6 Å². The third-order valence-electron chi connectivity index (χ3n) is 4.67. The van der Waals surface area contributed by atoms with Crippen LogP contribution in [0.5, 0.6) is 0 Å². The number of rotatable bonds is 5. The maximum Gasteiger partial charge on any atom is 0.238 e. The number of nitrogens with zero attached hydrogens (tertiary/aromatic N) is 5. The predicted octanol–water partition coefficient (Wildman–Crippen LogP) is 2.32. The highest BCUT2D eigenvalue weighted by molar-refractivity contribution is 6.31. The molecule has 3 heterocycles. The van der Waals surface area contributed by atoms with Crippen LogP contribution in [0.1, 0.15) is 11.6 Å². The monoisotopic (exact) mass is 433 g/mol. The van der Waals surface area contributed by atoms with Crippen LogP contribution < -0.4 is 10.6 Å². The lowest BCUT2D eigenvalue weighted by Gasteiger charge is -2.35. The first-order valence-corrected chi connectivity index (χ1v) is 9.37. The first kappa shape index (κ1) is 21.2. The van der Waals surface area contributed by atoms with Gasteiger partial charge in [0.25, 0.3) is 0 Å². The highest BCUT2D eigenvalue weighted by Crippen LogP contribution is 2.25. The van der Waals surface area contributed by atoms with Gasteiger partial charge in [0, 0.05) is 43.1 Å². The number of pyridine rings is 1. The molecular formula is C19H21Cl2N7O. The summed E-state index contributed by atoms with van der Waals surface area (Å²) in [5.74, 6) is -0.112. The summed E-state index contributed by atoms with van der Waals surface area (Å²) in [5.41, 5.74) is 2.39. The first-order chi connectivity index (χ1) is 13.7. The van der Waals surface area contributed by atoms with Crippen LogP contribution in [0.15, 0.2) is 55.4 Å². The Morgan fingerprint density at radius 2 is 2.21 bits per heavy atom. The number of anilines is 1. The number of hydrogen-bond acceptors (Lipinski definition) is 6. The molecule has 1 unspecified atom stereocenters. The normalized spacial score (nSPS) is 16.8. The van der Waals surface area contributed by atoms with E-state index < -0.39 is 0 Å². The Hall–Kier alpha value is -2.52. The average molecular weight is 434 g/mol. The lowest BCUT2D eigenvalue weighted by atomic mass is 10.1. The third-order valence-corrected chi connectivity index (χ3v) is 4.90. The number of hydrogen-bond donors (Lipinski definition) is 2. The van der Waals surface area contributed by atoms with E-state index in [-0.39, 0.29) is 30.9 Å². The van der Waals surface area contributed by atoms with Gasteiger partial charge in [-0.2, -0.15) is 5.10 Å². The molecule has 1 amide bonds. The molecule has 152 valence electrons. The summed E-state index contributed by atoms with van der Waals surface area (Å²) in [6.45, 7) is 2.66. The summed E-state index contributed by atoms with van der Waals surface area (Å²) >= 11 is 6.13. The largest absolute Gasteiger partial charge is 0.323 e. The molecule has 3 aromatic rings. The Morgan fingerprint density at radius 3 is 2.97 bits per heavy atom. The molecule has 1 aliphatic rings. The van der Waals surface area contributed by atoms with Gasteiger partial charge in [-0.25, -0.2) is 9.67 Å². The minimum absolute atomic E-state index is 0. The van der Waals surface area contributed by atoms with Crippen molar-refractivity contribution in [1.29, 1.82) is 0 Å². The number of halogens is 2. The van der Waals surface area contributed by atoms with E-state index in [0.29, 0.717) is 16.4 Å². The fraction of sp³-hybridized carbons (Fsp3) is 0.263. The summed E-state index contributed by atoms with van der Waals surface area (Å²) in [7, 11) is 0. The summed E-state index contributed by atoms with van der Waals surface area (Å²) in [5, 5.41) is 11.0. The number of nitrogens with one attached hydrogen (secondary N) is 2. The molecule has 2 N–H and O–H groups in total. The molecule has 0 radical (unpaired) electrons. The Morgan fingerprint density at radius 1 is 1.31 bits per heavy atom. The number of aromatic nitrogens is 4. The number of benzene rings is 1. The average Bonchev–Trinajstić information content (AvgIpc) is 3.24. The van der Waals surface area contributed by atoms with Crippen molar-refractivity contribution in [2.45, 2.75) is 6.04 Å². The van der Waals surface area contributed by atoms with E-state index in [1.165, 1.54) is 6.33 Å². The van der Waals surface area contributed by atoms with Gasteiger partial charge in [0.05, 0.1) is 17.9 Å². The molecular weight excluding hydrogens is 413 g/mol. The zero-order valence-electron chi connectivity index (χ0n) is 15.5. The number of carbonyl (C=O) groups excluding carboxylic acids is 1. The van der Waals surface area contributed by atoms with Crippen molar-refractivity contribution in [3.63, 3.8) is 0 Å². The van der Waals surface area contributed by atoms with E-state index in [9.17, 15) is 4.79 Å². The molecule has 0 saturated carbocycles. The van der Waals surface area contributed by atoms with Crippen LogP contribution in [0.2, 0.25) is 5.02 Å². The molecule has 1 fully saturated rings. The summed E-state index contributed by atoms with van der Waals surface area (Å²) in [6.07, 6.45) is 6.62. The molecule has 0 bridgehead atoms. The highest BCUT2D eigenvalue weighted by Gasteiger charge is 2.26.